The second kappa shape index (κ2) is 6.44. The minimum Gasteiger partial charge on any atom is -0.494 e. The van der Waals surface area contributed by atoms with E-state index in [-0.39, 0.29) is 16.2 Å². The molecule has 0 unspecified atom stereocenters. The summed E-state index contributed by atoms with van der Waals surface area (Å²) in [6.07, 6.45) is 4.88. The fraction of sp³-hybridized carbons (Fsp3) is 0.100. The number of allylic oxidation sites excluding steroid dienone is 1. The molecule has 2 N–H and O–H groups in total. The molecule has 3 heterocycles. The van der Waals surface area contributed by atoms with Gasteiger partial charge in [-0.25, -0.2) is 9.98 Å². The van der Waals surface area contributed by atoms with Gasteiger partial charge in [0.2, 0.25) is 5.88 Å². The molecule has 0 radical (unpaired) electrons. The number of hydrogen-bond acceptors (Lipinski definition) is 5. The van der Waals surface area contributed by atoms with Crippen molar-refractivity contribution in [2.24, 2.45) is 4.99 Å². The topological polar surface area (TPSA) is 83.3 Å². The Balaban J connectivity index is 1.94. The Morgan fingerprint density at radius 2 is 1.96 bits per heavy atom. The Morgan fingerprint density at radius 3 is 2.70 bits per heavy atom. The monoisotopic (exact) mass is 376 g/mol. The number of aromatic amines is 1. The van der Waals surface area contributed by atoms with E-state index in [0.29, 0.717) is 17.1 Å². The van der Waals surface area contributed by atoms with Crippen LogP contribution in [0.1, 0.15) is 22.3 Å². The van der Waals surface area contributed by atoms with Crippen LogP contribution in [0.5, 0.6) is 5.88 Å². The van der Waals surface area contributed by atoms with Crippen LogP contribution < -0.4 is 5.56 Å². The van der Waals surface area contributed by atoms with E-state index in [9.17, 15) is 9.90 Å². The third-order valence-corrected chi connectivity index (χ3v) is 4.59. The molecule has 0 amide bonds. The van der Waals surface area contributed by atoms with Gasteiger partial charge in [0.1, 0.15) is 5.56 Å². The Hall–Kier alpha value is -3.32. The zero-order chi connectivity index (χ0) is 19.1. The van der Waals surface area contributed by atoms with E-state index in [1.807, 2.05) is 38.1 Å². The lowest BCUT2D eigenvalue weighted by Gasteiger charge is -2.13. The minimum atomic E-state index is -0.462. The van der Waals surface area contributed by atoms with Gasteiger partial charge in [-0.3, -0.25) is 14.3 Å². The van der Waals surface area contributed by atoms with Gasteiger partial charge in [-0.1, -0.05) is 6.07 Å². The number of pyridine rings is 1. The highest BCUT2D eigenvalue weighted by Gasteiger charge is 2.17. The van der Waals surface area contributed by atoms with Crippen LogP contribution in [0.15, 0.2) is 46.3 Å². The summed E-state index contributed by atoms with van der Waals surface area (Å²) in [4.78, 5) is 23.5. The Morgan fingerprint density at radius 1 is 1.22 bits per heavy atom. The standard InChI is InChI=1S/C20H16N4O2S/c1-11-6-12(2)8-14(7-11)24-19(26)16(18(25)23-20(24)27)9-13-10-22-17-15(13)4-3-5-21-17/h3-10,26H,1-2H3,(H,23,25,27)/b13-9-. The molecule has 0 spiro atoms. The van der Waals surface area contributed by atoms with Gasteiger partial charge >= 0.3 is 0 Å². The van der Waals surface area contributed by atoms with Crippen molar-refractivity contribution in [3.8, 4) is 11.6 Å². The second-order valence-electron chi connectivity index (χ2n) is 6.41. The number of aromatic hydroxyl groups is 1. The predicted molar refractivity (Wildman–Crippen MR) is 109 cm³/mol. The van der Waals surface area contributed by atoms with Crippen LogP contribution >= 0.6 is 12.2 Å². The van der Waals surface area contributed by atoms with Crippen molar-refractivity contribution in [2.75, 3.05) is 0 Å². The first kappa shape index (κ1) is 17.1. The molecule has 0 aliphatic carbocycles. The number of benzene rings is 1. The molecule has 0 saturated carbocycles. The highest BCUT2D eigenvalue weighted by molar-refractivity contribution is 7.71. The summed E-state index contributed by atoms with van der Waals surface area (Å²) in [6, 6.07) is 9.49. The summed E-state index contributed by atoms with van der Waals surface area (Å²) < 4.78 is 1.59. The molecule has 27 heavy (non-hydrogen) atoms. The SMILES string of the molecule is Cc1cc(C)cc(-n2c(O)c(/C=C3/C=Nc4ncccc43)c(=O)[nH]c2=S)c1. The number of fused-ring (bicyclic) bond motifs is 1. The minimum absolute atomic E-state index is 0.112. The predicted octanol–water partition coefficient (Wildman–Crippen LogP) is 3.87. The van der Waals surface area contributed by atoms with Crippen LogP contribution in [0.4, 0.5) is 5.82 Å². The molecule has 1 aliphatic rings. The highest BCUT2D eigenvalue weighted by atomic mass is 32.1. The third-order valence-electron chi connectivity index (χ3n) is 4.31. The number of nitrogens with zero attached hydrogens (tertiary/aromatic N) is 3. The van der Waals surface area contributed by atoms with E-state index in [4.69, 9.17) is 12.2 Å². The molecule has 4 rings (SSSR count). The van der Waals surface area contributed by atoms with Gasteiger partial charge in [0.25, 0.3) is 5.56 Å². The Kier molecular flexibility index (Phi) is 4.08. The summed E-state index contributed by atoms with van der Waals surface area (Å²) >= 11 is 5.29. The van der Waals surface area contributed by atoms with Gasteiger partial charge in [-0.2, -0.15) is 0 Å². The lowest BCUT2D eigenvalue weighted by molar-refractivity contribution is 0.432. The molecule has 6 nitrogen and oxygen atoms in total. The summed E-state index contributed by atoms with van der Waals surface area (Å²) in [6.45, 7) is 3.93. The van der Waals surface area contributed by atoms with Crippen molar-refractivity contribution in [1.29, 1.82) is 0 Å². The molecule has 134 valence electrons. The Labute approximate surface area is 160 Å². The lowest BCUT2D eigenvalue weighted by atomic mass is 10.1. The fourth-order valence-electron chi connectivity index (χ4n) is 3.18. The van der Waals surface area contributed by atoms with Gasteiger partial charge in [-0.15, -0.1) is 0 Å². The number of aromatic nitrogens is 3. The normalized spacial score (nSPS) is 13.9. The maximum atomic E-state index is 12.5. The van der Waals surface area contributed by atoms with Gasteiger partial charge in [0.15, 0.2) is 10.6 Å². The van der Waals surface area contributed by atoms with E-state index >= 15 is 0 Å². The average molecular weight is 376 g/mol. The molecule has 0 bridgehead atoms. The zero-order valence-electron chi connectivity index (χ0n) is 14.7. The summed E-state index contributed by atoms with van der Waals surface area (Å²) in [5.74, 6) is 0.369. The summed E-state index contributed by atoms with van der Waals surface area (Å²) in [7, 11) is 0. The van der Waals surface area contributed by atoms with E-state index in [1.54, 1.807) is 24.6 Å². The van der Waals surface area contributed by atoms with Crippen LogP contribution in [0.2, 0.25) is 0 Å². The number of hydrogen-bond donors (Lipinski definition) is 2. The first-order valence-electron chi connectivity index (χ1n) is 8.32. The molecule has 7 heteroatoms. The first-order valence-corrected chi connectivity index (χ1v) is 8.73. The largest absolute Gasteiger partial charge is 0.494 e. The maximum Gasteiger partial charge on any atom is 0.262 e. The fourth-order valence-corrected chi connectivity index (χ4v) is 3.47. The number of aryl methyl sites for hydroxylation is 2. The molecule has 1 aliphatic heterocycles. The first-order chi connectivity index (χ1) is 12.9. The molecule has 2 aromatic heterocycles. The molecule has 0 saturated heterocycles. The van der Waals surface area contributed by atoms with Crippen LogP contribution in [0.3, 0.4) is 0 Å². The Bertz CT molecular complexity index is 1230. The summed E-state index contributed by atoms with van der Waals surface area (Å²) in [5.41, 5.74) is 3.89. The number of nitrogens with one attached hydrogen (secondary N) is 1. The van der Waals surface area contributed by atoms with Crippen molar-refractivity contribution in [3.63, 3.8) is 0 Å². The van der Waals surface area contributed by atoms with Gasteiger partial charge in [-0.05, 0) is 67.5 Å². The molecule has 3 aromatic rings. The lowest BCUT2D eigenvalue weighted by Crippen LogP contribution is -2.16. The molecular formula is C20H16N4O2S. The molecule has 0 fully saturated rings. The average Bonchev–Trinajstić information content (AvgIpc) is 3.00. The van der Waals surface area contributed by atoms with Crippen LogP contribution in [0, 0.1) is 18.6 Å². The smallest absolute Gasteiger partial charge is 0.262 e. The third kappa shape index (κ3) is 3.02. The van der Waals surface area contributed by atoms with Gasteiger partial charge < -0.3 is 5.11 Å². The zero-order valence-corrected chi connectivity index (χ0v) is 15.5. The molecule has 0 atom stereocenters. The number of rotatable bonds is 2. The van der Waals surface area contributed by atoms with E-state index < -0.39 is 5.56 Å². The number of aliphatic imine (C=N–C) groups is 1. The van der Waals surface area contributed by atoms with Crippen LogP contribution in [0.25, 0.3) is 17.3 Å². The van der Waals surface area contributed by atoms with Crippen molar-refractivity contribution in [1.82, 2.24) is 14.5 Å². The van der Waals surface area contributed by atoms with Crippen molar-refractivity contribution < 1.29 is 5.11 Å². The highest BCUT2D eigenvalue weighted by Crippen LogP contribution is 2.31. The van der Waals surface area contributed by atoms with E-state index in [1.165, 1.54) is 4.57 Å². The van der Waals surface area contributed by atoms with E-state index in [0.717, 1.165) is 16.7 Å². The molecule has 1 aromatic carbocycles. The second-order valence-corrected chi connectivity index (χ2v) is 6.80. The van der Waals surface area contributed by atoms with Crippen molar-refractivity contribution >= 4 is 35.9 Å². The summed E-state index contributed by atoms with van der Waals surface area (Å²) in [5, 5.41) is 10.9. The maximum absolute atomic E-state index is 12.5. The van der Waals surface area contributed by atoms with Crippen molar-refractivity contribution in [3.05, 3.63) is 73.9 Å². The van der Waals surface area contributed by atoms with Gasteiger partial charge in [0, 0.05) is 23.5 Å². The van der Waals surface area contributed by atoms with Gasteiger partial charge in [0.05, 0.1) is 5.69 Å². The quantitative estimate of drug-likeness (QED) is 0.665. The molecular weight excluding hydrogens is 360 g/mol. The number of H-pyrrole nitrogens is 1. The van der Waals surface area contributed by atoms with E-state index in [2.05, 4.69) is 15.0 Å². The van der Waals surface area contributed by atoms with Crippen LogP contribution in [-0.4, -0.2) is 25.9 Å². The van der Waals surface area contributed by atoms with Crippen molar-refractivity contribution in [2.45, 2.75) is 13.8 Å². The van der Waals surface area contributed by atoms with Crippen LogP contribution in [-0.2, 0) is 0 Å².